The highest BCUT2D eigenvalue weighted by atomic mass is 19.1. The van der Waals surface area contributed by atoms with E-state index in [0.29, 0.717) is 12.2 Å². The van der Waals surface area contributed by atoms with Crippen molar-refractivity contribution in [2.24, 2.45) is 0 Å². The standard InChI is InChI=1S/C18H18FN3/c1-13-16(12-20-18-11-7-6-10-17(18)19)14(2)22(21-13)15-8-4-3-5-9-15/h3-11,20H,12H2,1-2H3. The highest BCUT2D eigenvalue weighted by Gasteiger charge is 2.13. The van der Waals surface area contributed by atoms with Gasteiger partial charge in [0.1, 0.15) is 5.82 Å². The second kappa shape index (κ2) is 6.02. The molecule has 0 fully saturated rings. The third-order valence-electron chi connectivity index (χ3n) is 3.77. The highest BCUT2D eigenvalue weighted by molar-refractivity contribution is 5.46. The molecule has 3 nitrogen and oxygen atoms in total. The van der Waals surface area contributed by atoms with Gasteiger partial charge in [-0.2, -0.15) is 5.10 Å². The Labute approximate surface area is 129 Å². The van der Waals surface area contributed by atoms with Crippen LogP contribution in [0.5, 0.6) is 0 Å². The molecule has 112 valence electrons. The zero-order chi connectivity index (χ0) is 15.5. The Kier molecular flexibility index (Phi) is 3.92. The molecule has 3 aromatic rings. The van der Waals surface area contributed by atoms with Crippen LogP contribution in [0.25, 0.3) is 5.69 Å². The topological polar surface area (TPSA) is 29.9 Å². The summed E-state index contributed by atoms with van der Waals surface area (Å²) in [6, 6.07) is 16.7. The van der Waals surface area contributed by atoms with E-state index < -0.39 is 0 Å². The predicted molar refractivity (Wildman–Crippen MR) is 86.8 cm³/mol. The molecule has 22 heavy (non-hydrogen) atoms. The van der Waals surface area contributed by atoms with E-state index >= 15 is 0 Å². The third kappa shape index (κ3) is 2.72. The van der Waals surface area contributed by atoms with Crippen LogP contribution in [0, 0.1) is 19.7 Å². The van der Waals surface area contributed by atoms with E-state index in [0.717, 1.165) is 22.6 Å². The maximum Gasteiger partial charge on any atom is 0.146 e. The molecule has 0 aliphatic heterocycles. The van der Waals surface area contributed by atoms with Gasteiger partial charge in [0.25, 0.3) is 0 Å². The highest BCUT2D eigenvalue weighted by Crippen LogP contribution is 2.20. The number of benzene rings is 2. The molecule has 0 aliphatic carbocycles. The van der Waals surface area contributed by atoms with Gasteiger partial charge in [-0.15, -0.1) is 0 Å². The molecule has 0 bridgehead atoms. The Morgan fingerprint density at radius 2 is 1.68 bits per heavy atom. The van der Waals surface area contributed by atoms with Gasteiger partial charge in [-0.05, 0) is 38.1 Å². The maximum absolute atomic E-state index is 13.7. The minimum atomic E-state index is -0.242. The molecule has 0 radical (unpaired) electrons. The van der Waals surface area contributed by atoms with Crippen LogP contribution in [0.15, 0.2) is 54.6 Å². The molecule has 3 rings (SSSR count). The van der Waals surface area contributed by atoms with Crippen molar-refractivity contribution < 1.29 is 4.39 Å². The number of hydrogen-bond acceptors (Lipinski definition) is 2. The van der Waals surface area contributed by atoms with Crippen LogP contribution in [0.4, 0.5) is 10.1 Å². The largest absolute Gasteiger partial charge is 0.378 e. The molecule has 0 unspecified atom stereocenters. The lowest BCUT2D eigenvalue weighted by molar-refractivity contribution is 0.630. The van der Waals surface area contributed by atoms with Gasteiger partial charge in [-0.1, -0.05) is 30.3 Å². The van der Waals surface area contributed by atoms with Crippen molar-refractivity contribution in [2.45, 2.75) is 20.4 Å². The Balaban J connectivity index is 1.86. The first kappa shape index (κ1) is 14.3. The fourth-order valence-electron chi connectivity index (χ4n) is 2.54. The van der Waals surface area contributed by atoms with Crippen molar-refractivity contribution in [1.29, 1.82) is 0 Å². The van der Waals surface area contributed by atoms with E-state index in [9.17, 15) is 4.39 Å². The molecule has 0 atom stereocenters. The molecule has 1 N–H and O–H groups in total. The number of aryl methyl sites for hydroxylation is 1. The number of anilines is 1. The minimum absolute atomic E-state index is 0.242. The summed E-state index contributed by atoms with van der Waals surface area (Å²) < 4.78 is 15.6. The van der Waals surface area contributed by atoms with Crippen molar-refractivity contribution in [2.75, 3.05) is 5.32 Å². The number of halogens is 1. The fraction of sp³-hybridized carbons (Fsp3) is 0.167. The summed E-state index contributed by atoms with van der Waals surface area (Å²) in [5, 5.41) is 7.75. The number of rotatable bonds is 4. The Morgan fingerprint density at radius 3 is 2.41 bits per heavy atom. The summed E-state index contributed by atoms with van der Waals surface area (Å²) in [6.07, 6.45) is 0. The smallest absolute Gasteiger partial charge is 0.146 e. The van der Waals surface area contributed by atoms with Gasteiger partial charge in [-0.25, -0.2) is 9.07 Å². The number of hydrogen-bond donors (Lipinski definition) is 1. The molecule has 1 heterocycles. The maximum atomic E-state index is 13.7. The van der Waals surface area contributed by atoms with Crippen LogP contribution >= 0.6 is 0 Å². The van der Waals surface area contributed by atoms with Crippen LogP contribution < -0.4 is 5.32 Å². The number of nitrogens with one attached hydrogen (secondary N) is 1. The van der Waals surface area contributed by atoms with Crippen molar-refractivity contribution in [3.63, 3.8) is 0 Å². The Morgan fingerprint density at radius 1 is 1.00 bits per heavy atom. The van der Waals surface area contributed by atoms with Gasteiger partial charge in [0.2, 0.25) is 0 Å². The summed E-state index contributed by atoms with van der Waals surface area (Å²) in [4.78, 5) is 0. The molecule has 0 aliphatic rings. The van der Waals surface area contributed by atoms with Gasteiger partial charge in [0.05, 0.1) is 17.1 Å². The second-order valence-electron chi connectivity index (χ2n) is 5.23. The summed E-state index contributed by atoms with van der Waals surface area (Å²) in [5.74, 6) is -0.242. The zero-order valence-electron chi connectivity index (χ0n) is 12.7. The van der Waals surface area contributed by atoms with Crippen molar-refractivity contribution in [3.8, 4) is 5.69 Å². The average molecular weight is 295 g/mol. The minimum Gasteiger partial charge on any atom is -0.378 e. The van der Waals surface area contributed by atoms with Gasteiger partial charge >= 0.3 is 0 Å². The Hall–Kier alpha value is -2.62. The third-order valence-corrected chi connectivity index (χ3v) is 3.77. The first-order valence-electron chi connectivity index (χ1n) is 7.25. The van der Waals surface area contributed by atoms with Crippen molar-refractivity contribution >= 4 is 5.69 Å². The van der Waals surface area contributed by atoms with E-state index in [-0.39, 0.29) is 5.82 Å². The van der Waals surface area contributed by atoms with Crippen LogP contribution in [0.2, 0.25) is 0 Å². The first-order valence-corrected chi connectivity index (χ1v) is 7.25. The van der Waals surface area contributed by atoms with Crippen LogP contribution in [-0.2, 0) is 6.54 Å². The molecule has 4 heteroatoms. The van der Waals surface area contributed by atoms with E-state index in [1.165, 1.54) is 6.07 Å². The second-order valence-corrected chi connectivity index (χ2v) is 5.23. The summed E-state index contributed by atoms with van der Waals surface area (Å²) in [5.41, 5.74) is 4.64. The lowest BCUT2D eigenvalue weighted by atomic mass is 10.2. The van der Waals surface area contributed by atoms with Crippen LogP contribution in [-0.4, -0.2) is 9.78 Å². The van der Waals surface area contributed by atoms with Crippen LogP contribution in [0.1, 0.15) is 17.0 Å². The molecule has 0 amide bonds. The lowest BCUT2D eigenvalue weighted by Gasteiger charge is -2.08. The molecule has 0 spiro atoms. The van der Waals surface area contributed by atoms with E-state index in [1.807, 2.05) is 54.9 Å². The first-order chi connectivity index (χ1) is 10.7. The number of aromatic nitrogens is 2. The summed E-state index contributed by atoms with van der Waals surface area (Å²) in [6.45, 7) is 4.56. The number of nitrogens with zero attached hydrogens (tertiary/aromatic N) is 2. The normalized spacial score (nSPS) is 10.7. The fourth-order valence-corrected chi connectivity index (χ4v) is 2.54. The van der Waals surface area contributed by atoms with Crippen molar-refractivity contribution in [3.05, 3.63) is 77.4 Å². The lowest BCUT2D eigenvalue weighted by Crippen LogP contribution is -2.04. The van der Waals surface area contributed by atoms with Gasteiger partial charge in [-0.3, -0.25) is 0 Å². The monoisotopic (exact) mass is 295 g/mol. The molecule has 2 aromatic carbocycles. The van der Waals surface area contributed by atoms with E-state index in [1.54, 1.807) is 12.1 Å². The SMILES string of the molecule is Cc1nn(-c2ccccc2)c(C)c1CNc1ccccc1F. The van der Waals surface area contributed by atoms with E-state index in [4.69, 9.17) is 0 Å². The van der Waals surface area contributed by atoms with Crippen LogP contribution in [0.3, 0.4) is 0 Å². The quantitative estimate of drug-likeness (QED) is 0.780. The number of para-hydroxylation sites is 2. The van der Waals surface area contributed by atoms with Gasteiger partial charge in [0.15, 0.2) is 0 Å². The predicted octanol–water partition coefficient (Wildman–Crippen LogP) is 4.24. The average Bonchev–Trinajstić information content (AvgIpc) is 2.82. The van der Waals surface area contributed by atoms with Gasteiger partial charge < -0.3 is 5.32 Å². The molecule has 1 aromatic heterocycles. The molecular formula is C18H18FN3. The van der Waals surface area contributed by atoms with Crippen molar-refractivity contribution in [1.82, 2.24) is 9.78 Å². The summed E-state index contributed by atoms with van der Waals surface area (Å²) >= 11 is 0. The Bertz CT molecular complexity index is 778. The molecule has 0 saturated carbocycles. The van der Waals surface area contributed by atoms with E-state index in [2.05, 4.69) is 10.4 Å². The zero-order valence-corrected chi connectivity index (χ0v) is 12.7. The summed E-state index contributed by atoms with van der Waals surface area (Å²) in [7, 11) is 0. The van der Waals surface area contributed by atoms with Gasteiger partial charge in [0, 0.05) is 17.8 Å². The molecular weight excluding hydrogens is 277 g/mol. The molecule has 0 saturated heterocycles.